The highest BCUT2D eigenvalue weighted by atomic mass is 16.5. The van der Waals surface area contributed by atoms with E-state index in [0.717, 1.165) is 16.9 Å². The van der Waals surface area contributed by atoms with Crippen molar-refractivity contribution < 1.29 is 19.0 Å². The summed E-state index contributed by atoms with van der Waals surface area (Å²) in [4.78, 5) is 10.7. The van der Waals surface area contributed by atoms with Gasteiger partial charge in [-0.25, -0.2) is 10.2 Å². The molecule has 0 aliphatic carbocycles. The summed E-state index contributed by atoms with van der Waals surface area (Å²) >= 11 is 0. The standard InChI is InChI=1S/C22H29N3O4/c1-5-27-21-13-17(14-24-25-22(23)26)7-9-19(21)28-10-11-29-20-12-16(4)6-8-18(20)15(2)3/h6-9,12-15H,5,10-11H2,1-4H3,(H3,23,25,26)/b24-14-. The van der Waals surface area contributed by atoms with Gasteiger partial charge in [-0.05, 0) is 60.7 Å². The van der Waals surface area contributed by atoms with Crippen molar-refractivity contribution in [3.8, 4) is 17.2 Å². The van der Waals surface area contributed by atoms with Crippen LogP contribution in [0.5, 0.6) is 17.2 Å². The lowest BCUT2D eigenvalue weighted by molar-refractivity contribution is 0.207. The Bertz CT molecular complexity index is 850. The second kappa shape index (κ2) is 10.9. The van der Waals surface area contributed by atoms with Crippen LogP contribution in [-0.2, 0) is 0 Å². The molecule has 0 fully saturated rings. The molecule has 0 atom stereocenters. The Kier molecular flexibility index (Phi) is 8.33. The van der Waals surface area contributed by atoms with Gasteiger partial charge in [0.1, 0.15) is 19.0 Å². The summed E-state index contributed by atoms with van der Waals surface area (Å²) in [6.45, 7) is 9.52. The monoisotopic (exact) mass is 399 g/mol. The fourth-order valence-electron chi connectivity index (χ4n) is 2.71. The van der Waals surface area contributed by atoms with Gasteiger partial charge in [0.15, 0.2) is 11.5 Å². The third-order valence-corrected chi connectivity index (χ3v) is 4.05. The van der Waals surface area contributed by atoms with Gasteiger partial charge in [-0.2, -0.15) is 5.10 Å². The van der Waals surface area contributed by atoms with Gasteiger partial charge in [-0.3, -0.25) is 0 Å². The summed E-state index contributed by atoms with van der Waals surface area (Å²) in [5.74, 6) is 2.48. The number of amides is 2. The molecule has 156 valence electrons. The zero-order valence-corrected chi connectivity index (χ0v) is 17.4. The number of hydrazone groups is 1. The minimum atomic E-state index is -0.722. The van der Waals surface area contributed by atoms with Crippen LogP contribution in [0.1, 0.15) is 43.4 Å². The lowest BCUT2D eigenvalue weighted by Gasteiger charge is -2.16. The van der Waals surface area contributed by atoms with Crippen molar-refractivity contribution in [1.29, 1.82) is 0 Å². The molecule has 29 heavy (non-hydrogen) atoms. The van der Waals surface area contributed by atoms with E-state index in [-0.39, 0.29) is 0 Å². The lowest BCUT2D eigenvalue weighted by Crippen LogP contribution is -2.24. The Morgan fingerprint density at radius 2 is 1.79 bits per heavy atom. The zero-order valence-electron chi connectivity index (χ0n) is 17.4. The molecule has 0 unspecified atom stereocenters. The highest BCUT2D eigenvalue weighted by Gasteiger charge is 2.09. The summed E-state index contributed by atoms with van der Waals surface area (Å²) in [6, 6.07) is 10.9. The molecule has 0 saturated heterocycles. The zero-order chi connectivity index (χ0) is 21.2. The van der Waals surface area contributed by atoms with Crippen molar-refractivity contribution in [2.24, 2.45) is 10.8 Å². The van der Waals surface area contributed by atoms with Crippen molar-refractivity contribution >= 4 is 12.2 Å². The first-order valence-corrected chi connectivity index (χ1v) is 9.62. The van der Waals surface area contributed by atoms with Gasteiger partial charge in [0.2, 0.25) is 0 Å². The van der Waals surface area contributed by atoms with Gasteiger partial charge in [-0.1, -0.05) is 26.0 Å². The predicted molar refractivity (Wildman–Crippen MR) is 114 cm³/mol. The third-order valence-electron chi connectivity index (χ3n) is 4.05. The molecule has 0 saturated carbocycles. The summed E-state index contributed by atoms with van der Waals surface area (Å²) < 4.78 is 17.5. The molecule has 3 N–H and O–H groups in total. The fraction of sp³-hybridized carbons (Fsp3) is 0.364. The maximum atomic E-state index is 10.7. The van der Waals surface area contributed by atoms with Crippen molar-refractivity contribution in [2.75, 3.05) is 19.8 Å². The Labute approximate surface area is 171 Å². The van der Waals surface area contributed by atoms with E-state index in [2.05, 4.69) is 42.6 Å². The Balaban J connectivity index is 1.99. The quantitative estimate of drug-likeness (QED) is 0.359. The summed E-state index contributed by atoms with van der Waals surface area (Å²) in [5, 5.41) is 3.74. The van der Waals surface area contributed by atoms with E-state index in [1.807, 2.05) is 19.9 Å². The molecular weight excluding hydrogens is 370 g/mol. The molecule has 0 aliphatic rings. The van der Waals surface area contributed by atoms with Crippen LogP contribution < -0.4 is 25.4 Å². The minimum absolute atomic E-state index is 0.377. The molecule has 0 radical (unpaired) electrons. The van der Waals surface area contributed by atoms with Crippen LogP contribution in [-0.4, -0.2) is 32.1 Å². The van der Waals surface area contributed by atoms with Crippen LogP contribution >= 0.6 is 0 Å². The first-order valence-electron chi connectivity index (χ1n) is 9.62. The largest absolute Gasteiger partial charge is 0.490 e. The molecule has 0 bridgehead atoms. The van der Waals surface area contributed by atoms with Crippen molar-refractivity contribution in [1.82, 2.24) is 5.43 Å². The SMILES string of the molecule is CCOc1cc(/C=N\NC(N)=O)ccc1OCCOc1cc(C)ccc1C(C)C. The smallest absolute Gasteiger partial charge is 0.332 e. The molecule has 7 nitrogen and oxygen atoms in total. The molecule has 2 amide bonds. The van der Waals surface area contributed by atoms with Crippen LogP contribution in [0.15, 0.2) is 41.5 Å². The normalized spacial score (nSPS) is 10.9. The van der Waals surface area contributed by atoms with Crippen LogP contribution in [0.2, 0.25) is 0 Å². The van der Waals surface area contributed by atoms with Crippen molar-refractivity contribution in [2.45, 2.75) is 33.6 Å². The van der Waals surface area contributed by atoms with Crippen LogP contribution in [0.3, 0.4) is 0 Å². The number of nitrogens with one attached hydrogen (secondary N) is 1. The maximum Gasteiger partial charge on any atom is 0.332 e. The molecule has 2 rings (SSSR count). The predicted octanol–water partition coefficient (Wildman–Crippen LogP) is 3.98. The van der Waals surface area contributed by atoms with Crippen LogP contribution in [0.25, 0.3) is 0 Å². The number of urea groups is 1. The Hall–Kier alpha value is -3.22. The molecule has 0 spiro atoms. The maximum absolute atomic E-state index is 10.7. The first kappa shape index (κ1) is 22.1. The second-order valence-electron chi connectivity index (χ2n) is 6.77. The van der Waals surface area contributed by atoms with E-state index in [1.54, 1.807) is 12.1 Å². The number of nitrogens with two attached hydrogens (primary N) is 1. The topological polar surface area (TPSA) is 95.2 Å². The van der Waals surface area contributed by atoms with Crippen LogP contribution in [0, 0.1) is 6.92 Å². The van der Waals surface area contributed by atoms with E-state index in [0.29, 0.717) is 37.2 Å². The fourth-order valence-corrected chi connectivity index (χ4v) is 2.71. The van der Waals surface area contributed by atoms with Crippen molar-refractivity contribution in [3.05, 3.63) is 53.1 Å². The van der Waals surface area contributed by atoms with E-state index < -0.39 is 6.03 Å². The number of primary amides is 1. The summed E-state index contributed by atoms with van der Waals surface area (Å²) in [7, 11) is 0. The molecule has 7 heteroatoms. The number of hydrogen-bond donors (Lipinski definition) is 2. The van der Waals surface area contributed by atoms with E-state index in [1.165, 1.54) is 11.8 Å². The lowest BCUT2D eigenvalue weighted by atomic mass is 10.0. The number of ether oxygens (including phenoxy) is 3. The highest BCUT2D eigenvalue weighted by Crippen LogP contribution is 2.29. The van der Waals surface area contributed by atoms with Crippen molar-refractivity contribution in [3.63, 3.8) is 0 Å². The molecule has 2 aromatic rings. The van der Waals surface area contributed by atoms with E-state index >= 15 is 0 Å². The van der Waals surface area contributed by atoms with Gasteiger partial charge >= 0.3 is 6.03 Å². The molecule has 0 heterocycles. The van der Waals surface area contributed by atoms with Gasteiger partial charge in [0.05, 0.1) is 12.8 Å². The average Bonchev–Trinajstić information content (AvgIpc) is 2.66. The number of aryl methyl sites for hydroxylation is 1. The molecular formula is C22H29N3O4. The van der Waals surface area contributed by atoms with Crippen LogP contribution in [0.4, 0.5) is 4.79 Å². The Morgan fingerprint density at radius 3 is 2.45 bits per heavy atom. The Morgan fingerprint density at radius 1 is 1.07 bits per heavy atom. The molecule has 0 aliphatic heterocycles. The number of hydrogen-bond acceptors (Lipinski definition) is 5. The summed E-state index contributed by atoms with van der Waals surface area (Å²) in [5.41, 5.74) is 10.2. The highest BCUT2D eigenvalue weighted by molar-refractivity contribution is 5.82. The molecule has 0 aromatic heterocycles. The number of rotatable bonds is 10. The van der Waals surface area contributed by atoms with Gasteiger partial charge < -0.3 is 19.9 Å². The first-order chi connectivity index (χ1) is 13.9. The number of carbonyl (C=O) groups excluding carboxylic acids is 1. The minimum Gasteiger partial charge on any atom is -0.490 e. The number of carbonyl (C=O) groups is 1. The van der Waals surface area contributed by atoms with Gasteiger partial charge in [0, 0.05) is 0 Å². The number of benzene rings is 2. The van der Waals surface area contributed by atoms with Gasteiger partial charge in [-0.15, -0.1) is 0 Å². The summed E-state index contributed by atoms with van der Waals surface area (Å²) in [6.07, 6.45) is 1.48. The second-order valence-corrected chi connectivity index (χ2v) is 6.77. The molecule has 2 aromatic carbocycles. The third kappa shape index (κ3) is 7.03. The van der Waals surface area contributed by atoms with E-state index in [9.17, 15) is 4.79 Å². The van der Waals surface area contributed by atoms with Gasteiger partial charge in [0.25, 0.3) is 0 Å². The number of nitrogens with zero attached hydrogens (tertiary/aromatic N) is 1. The average molecular weight is 399 g/mol. The van der Waals surface area contributed by atoms with E-state index in [4.69, 9.17) is 19.9 Å².